The summed E-state index contributed by atoms with van der Waals surface area (Å²) in [5.74, 6) is -0.0457. The summed E-state index contributed by atoms with van der Waals surface area (Å²) < 4.78 is 0. The van der Waals surface area contributed by atoms with Crippen LogP contribution in [0, 0.1) is 5.92 Å². The zero-order valence-corrected chi connectivity index (χ0v) is 12.9. The van der Waals surface area contributed by atoms with E-state index in [2.05, 4.69) is 5.48 Å². The number of nitrogens with one attached hydrogen (secondary N) is 1. The molecule has 0 aromatic heterocycles. The van der Waals surface area contributed by atoms with Crippen LogP contribution in [0.15, 0.2) is 30.3 Å². The van der Waals surface area contributed by atoms with Crippen molar-refractivity contribution in [3.63, 3.8) is 0 Å². The molecule has 0 spiro atoms. The lowest BCUT2D eigenvalue weighted by Gasteiger charge is -2.26. The summed E-state index contributed by atoms with van der Waals surface area (Å²) in [6.45, 7) is 0.261. The second kappa shape index (κ2) is 8.88. The van der Waals surface area contributed by atoms with E-state index in [-0.39, 0.29) is 6.61 Å². The van der Waals surface area contributed by atoms with E-state index in [1.807, 2.05) is 30.3 Å². The molecular weight excluding hydrogens is 280 g/mol. The van der Waals surface area contributed by atoms with Crippen LogP contribution < -0.4 is 11.2 Å². The van der Waals surface area contributed by atoms with E-state index < -0.39 is 18.1 Å². The van der Waals surface area contributed by atoms with E-state index >= 15 is 0 Å². The Morgan fingerprint density at radius 2 is 1.95 bits per heavy atom. The number of carbonyl (C=O) groups excluding carboxylic acids is 1. The number of carbonyl (C=O) groups is 1. The zero-order chi connectivity index (χ0) is 15.8. The fourth-order valence-electron chi connectivity index (χ4n) is 2.96. The monoisotopic (exact) mass is 306 g/mol. The summed E-state index contributed by atoms with van der Waals surface area (Å²) in [4.78, 5) is 17.0. The quantitative estimate of drug-likeness (QED) is 0.672. The Bertz CT molecular complexity index is 446. The molecule has 1 unspecified atom stereocenters. The molecule has 5 heteroatoms. The molecule has 1 aliphatic carbocycles. The number of amides is 1. The molecule has 1 saturated carbocycles. The van der Waals surface area contributed by atoms with Gasteiger partial charge in [0.05, 0.1) is 6.61 Å². The topological polar surface area (TPSA) is 84.6 Å². The third-order valence-electron chi connectivity index (χ3n) is 4.26. The van der Waals surface area contributed by atoms with Crippen LogP contribution >= 0.6 is 0 Å². The molecular formula is C17H26N2O3. The maximum atomic E-state index is 11.9. The molecule has 0 radical (unpaired) electrons. The summed E-state index contributed by atoms with van der Waals surface area (Å²) in [6.07, 6.45) is 5.48. The Balaban J connectivity index is 1.69. The van der Waals surface area contributed by atoms with E-state index in [9.17, 15) is 9.90 Å². The Hall–Kier alpha value is -1.43. The normalized spacial score (nSPS) is 18.6. The van der Waals surface area contributed by atoms with Crippen LogP contribution in [-0.2, 0) is 16.2 Å². The van der Waals surface area contributed by atoms with Crippen molar-refractivity contribution in [2.24, 2.45) is 11.7 Å². The van der Waals surface area contributed by atoms with E-state index in [0.717, 1.165) is 18.4 Å². The van der Waals surface area contributed by atoms with Gasteiger partial charge in [0.2, 0.25) is 0 Å². The van der Waals surface area contributed by atoms with Crippen molar-refractivity contribution < 1.29 is 14.7 Å². The number of benzene rings is 1. The van der Waals surface area contributed by atoms with Crippen LogP contribution in [0.5, 0.6) is 0 Å². The van der Waals surface area contributed by atoms with Gasteiger partial charge in [-0.15, -0.1) is 0 Å². The predicted octanol–water partition coefficient (Wildman–Crippen LogP) is 1.89. The minimum Gasteiger partial charge on any atom is -0.382 e. The van der Waals surface area contributed by atoms with Gasteiger partial charge in [0, 0.05) is 6.04 Å². The highest BCUT2D eigenvalue weighted by atomic mass is 16.7. The third kappa shape index (κ3) is 5.40. The molecule has 4 N–H and O–H groups in total. The van der Waals surface area contributed by atoms with Gasteiger partial charge in [-0.2, -0.15) is 0 Å². The lowest BCUT2D eigenvalue weighted by molar-refractivity contribution is -0.144. The van der Waals surface area contributed by atoms with E-state index in [0.29, 0.717) is 12.3 Å². The number of hydroxylamine groups is 1. The fourth-order valence-corrected chi connectivity index (χ4v) is 2.96. The molecule has 1 aromatic carbocycles. The second-order valence-electron chi connectivity index (χ2n) is 6.09. The summed E-state index contributed by atoms with van der Waals surface area (Å²) in [6, 6.07) is 8.97. The number of hydrogen-bond acceptors (Lipinski definition) is 4. The predicted molar refractivity (Wildman–Crippen MR) is 84.5 cm³/mol. The largest absolute Gasteiger partial charge is 0.382 e. The van der Waals surface area contributed by atoms with Crippen molar-refractivity contribution >= 4 is 5.91 Å². The average Bonchev–Trinajstić information content (AvgIpc) is 2.56. The average molecular weight is 306 g/mol. The minimum atomic E-state index is -1.22. The Labute approximate surface area is 131 Å². The van der Waals surface area contributed by atoms with Crippen molar-refractivity contribution in [3.05, 3.63) is 35.9 Å². The first-order valence-electron chi connectivity index (χ1n) is 8.06. The summed E-state index contributed by atoms with van der Waals surface area (Å²) in [5.41, 5.74) is 9.19. The number of nitrogens with two attached hydrogens (primary N) is 1. The van der Waals surface area contributed by atoms with Crippen molar-refractivity contribution in [2.75, 3.05) is 0 Å². The van der Waals surface area contributed by atoms with E-state index in [1.54, 1.807) is 0 Å². The zero-order valence-electron chi connectivity index (χ0n) is 12.9. The minimum absolute atomic E-state index is 0.261. The molecule has 2 atom stereocenters. The van der Waals surface area contributed by atoms with E-state index in [4.69, 9.17) is 10.6 Å². The van der Waals surface area contributed by atoms with Gasteiger partial charge in [-0.25, -0.2) is 5.48 Å². The van der Waals surface area contributed by atoms with Gasteiger partial charge in [-0.1, -0.05) is 62.4 Å². The highest BCUT2D eigenvalue weighted by Crippen LogP contribution is 2.27. The van der Waals surface area contributed by atoms with Gasteiger partial charge in [-0.3, -0.25) is 9.63 Å². The molecule has 1 fully saturated rings. The number of rotatable bonds is 7. The molecule has 22 heavy (non-hydrogen) atoms. The van der Waals surface area contributed by atoms with Gasteiger partial charge in [-0.05, 0) is 17.9 Å². The lowest BCUT2D eigenvalue weighted by Crippen LogP contribution is -2.47. The number of aliphatic hydroxyl groups is 1. The van der Waals surface area contributed by atoms with Gasteiger partial charge in [0.15, 0.2) is 0 Å². The first-order chi connectivity index (χ1) is 10.7. The first-order valence-corrected chi connectivity index (χ1v) is 8.06. The smallest absolute Gasteiger partial charge is 0.273 e. The molecule has 0 saturated heterocycles. The standard InChI is InChI=1S/C17H26N2O3/c18-15(11-13-7-3-1-4-8-13)16(20)17(21)19-22-12-14-9-5-2-6-10-14/h2,5-6,9-10,13,15-16,20H,1,3-4,7-8,11-12,18H2,(H,19,21)/t15-,16?/m1/s1. The number of hydrogen-bond donors (Lipinski definition) is 3. The van der Waals surface area contributed by atoms with Crippen LogP contribution in [0.25, 0.3) is 0 Å². The van der Waals surface area contributed by atoms with Gasteiger partial charge >= 0.3 is 0 Å². The second-order valence-corrected chi connectivity index (χ2v) is 6.09. The van der Waals surface area contributed by atoms with Crippen LogP contribution in [0.2, 0.25) is 0 Å². The molecule has 2 rings (SSSR count). The molecule has 1 amide bonds. The van der Waals surface area contributed by atoms with Crippen LogP contribution in [0.3, 0.4) is 0 Å². The van der Waals surface area contributed by atoms with Crippen molar-refractivity contribution in [1.82, 2.24) is 5.48 Å². The van der Waals surface area contributed by atoms with Crippen molar-refractivity contribution in [2.45, 2.75) is 57.3 Å². The SMILES string of the molecule is N[C@H](CC1CCCCC1)C(O)C(=O)NOCc1ccccc1. The summed E-state index contributed by atoms with van der Waals surface area (Å²) in [5, 5.41) is 10.00. The number of aliphatic hydroxyl groups excluding tert-OH is 1. The first kappa shape index (κ1) is 16.9. The maximum Gasteiger partial charge on any atom is 0.273 e. The molecule has 1 aliphatic rings. The summed E-state index contributed by atoms with van der Waals surface area (Å²) >= 11 is 0. The molecule has 5 nitrogen and oxygen atoms in total. The van der Waals surface area contributed by atoms with Crippen LogP contribution in [0.1, 0.15) is 44.1 Å². The maximum absolute atomic E-state index is 11.9. The van der Waals surface area contributed by atoms with E-state index in [1.165, 1.54) is 19.3 Å². The Morgan fingerprint density at radius 3 is 2.64 bits per heavy atom. The van der Waals surface area contributed by atoms with Gasteiger partial charge < -0.3 is 10.8 Å². The molecule has 0 bridgehead atoms. The Kier molecular flexibility index (Phi) is 6.83. The highest BCUT2D eigenvalue weighted by Gasteiger charge is 2.26. The van der Waals surface area contributed by atoms with Crippen LogP contribution in [-0.4, -0.2) is 23.2 Å². The molecule has 0 heterocycles. The summed E-state index contributed by atoms with van der Waals surface area (Å²) in [7, 11) is 0. The lowest BCUT2D eigenvalue weighted by atomic mass is 9.84. The molecule has 1 aromatic rings. The van der Waals surface area contributed by atoms with Crippen LogP contribution in [0.4, 0.5) is 0 Å². The highest BCUT2D eigenvalue weighted by molar-refractivity contribution is 5.80. The van der Waals surface area contributed by atoms with Gasteiger partial charge in [0.25, 0.3) is 5.91 Å². The van der Waals surface area contributed by atoms with Crippen molar-refractivity contribution in [3.8, 4) is 0 Å². The third-order valence-corrected chi connectivity index (χ3v) is 4.26. The molecule has 0 aliphatic heterocycles. The Morgan fingerprint density at radius 1 is 1.27 bits per heavy atom. The van der Waals surface area contributed by atoms with Crippen molar-refractivity contribution in [1.29, 1.82) is 0 Å². The van der Waals surface area contributed by atoms with Gasteiger partial charge in [0.1, 0.15) is 6.10 Å². The molecule has 122 valence electrons. The fraction of sp³-hybridized carbons (Fsp3) is 0.588.